The number of furan rings is 1. The Hall–Kier alpha value is -3.05. The van der Waals surface area contributed by atoms with Crippen LogP contribution in [0.1, 0.15) is 27.8 Å². The standard InChI is InChI=1S/C25H23NO3S/c1-14-7-9-21-19(12-14)24-25(29-21)26(23-17(4)10-16(3)11-18(23)5)20-8-6-15(2)13-22(20)30(24,27)28/h6-13H,1-5H3. The van der Waals surface area contributed by atoms with Crippen molar-refractivity contribution in [1.29, 1.82) is 0 Å². The van der Waals surface area contributed by atoms with E-state index >= 15 is 0 Å². The summed E-state index contributed by atoms with van der Waals surface area (Å²) in [5, 5.41) is 0.629. The van der Waals surface area contributed by atoms with Crippen LogP contribution in [0.2, 0.25) is 0 Å². The second-order valence-electron chi connectivity index (χ2n) is 8.29. The lowest BCUT2D eigenvalue weighted by molar-refractivity contribution is 0.580. The van der Waals surface area contributed by atoms with Gasteiger partial charge in [0, 0.05) is 5.39 Å². The van der Waals surface area contributed by atoms with Gasteiger partial charge in [-0.25, -0.2) is 8.42 Å². The lowest BCUT2D eigenvalue weighted by atomic mass is 10.0. The number of fused-ring (bicyclic) bond motifs is 4. The SMILES string of the molecule is Cc1cc(C)c(N2c3ccc(C)cc3S(=O)(=O)c3c2oc2ccc(C)cc32)c(C)c1. The molecule has 0 atom stereocenters. The fraction of sp³-hybridized carbons (Fsp3) is 0.200. The van der Waals surface area contributed by atoms with Crippen molar-refractivity contribution >= 4 is 38.1 Å². The molecule has 152 valence electrons. The molecule has 4 nitrogen and oxygen atoms in total. The zero-order valence-electron chi connectivity index (χ0n) is 17.7. The first-order chi connectivity index (χ1) is 14.2. The second-order valence-corrected chi connectivity index (χ2v) is 10.1. The largest absolute Gasteiger partial charge is 0.438 e. The predicted molar refractivity (Wildman–Crippen MR) is 120 cm³/mol. The second kappa shape index (κ2) is 6.22. The van der Waals surface area contributed by atoms with Crippen LogP contribution < -0.4 is 4.90 Å². The van der Waals surface area contributed by atoms with E-state index in [2.05, 4.69) is 32.9 Å². The topological polar surface area (TPSA) is 50.5 Å². The first-order valence-electron chi connectivity index (χ1n) is 9.95. The van der Waals surface area contributed by atoms with Gasteiger partial charge in [-0.2, -0.15) is 0 Å². The number of aryl methyl sites for hydroxylation is 5. The van der Waals surface area contributed by atoms with E-state index in [0.717, 1.165) is 27.9 Å². The van der Waals surface area contributed by atoms with Crippen molar-refractivity contribution in [2.75, 3.05) is 4.90 Å². The molecule has 4 aromatic rings. The maximum atomic E-state index is 13.7. The Bertz CT molecular complexity index is 1440. The Morgan fingerprint density at radius 1 is 0.767 bits per heavy atom. The number of benzene rings is 3. The van der Waals surface area contributed by atoms with Crippen LogP contribution in [0.4, 0.5) is 17.3 Å². The molecule has 0 amide bonds. The van der Waals surface area contributed by atoms with E-state index in [9.17, 15) is 8.42 Å². The summed E-state index contributed by atoms with van der Waals surface area (Å²) in [6, 6.07) is 15.5. The first-order valence-corrected chi connectivity index (χ1v) is 11.4. The Morgan fingerprint density at radius 3 is 2.10 bits per heavy atom. The minimum atomic E-state index is -3.73. The average molecular weight is 418 g/mol. The molecule has 1 aromatic heterocycles. The fourth-order valence-corrected chi connectivity index (χ4v) is 6.38. The summed E-state index contributed by atoms with van der Waals surface area (Å²) in [5.41, 5.74) is 7.36. The van der Waals surface area contributed by atoms with E-state index in [-0.39, 0.29) is 4.90 Å². The molecule has 0 unspecified atom stereocenters. The molecule has 5 rings (SSSR count). The summed E-state index contributed by atoms with van der Waals surface area (Å²) in [4.78, 5) is 2.54. The van der Waals surface area contributed by atoms with Gasteiger partial charge in [0.15, 0.2) is 0 Å². The van der Waals surface area contributed by atoms with Gasteiger partial charge in [0.25, 0.3) is 0 Å². The molecule has 0 spiro atoms. The zero-order valence-corrected chi connectivity index (χ0v) is 18.5. The maximum absolute atomic E-state index is 13.7. The number of rotatable bonds is 1. The third-order valence-electron chi connectivity index (χ3n) is 5.76. The molecule has 2 heterocycles. The Morgan fingerprint density at radius 2 is 1.40 bits per heavy atom. The molecule has 0 bridgehead atoms. The number of anilines is 3. The molecular formula is C25H23NO3S. The normalized spacial score (nSPS) is 14.6. The molecule has 0 aliphatic carbocycles. The van der Waals surface area contributed by atoms with E-state index in [1.165, 1.54) is 5.56 Å². The minimum absolute atomic E-state index is 0.249. The van der Waals surface area contributed by atoms with Crippen molar-refractivity contribution in [3.8, 4) is 0 Å². The highest BCUT2D eigenvalue weighted by molar-refractivity contribution is 7.92. The van der Waals surface area contributed by atoms with Crippen molar-refractivity contribution in [2.24, 2.45) is 0 Å². The summed E-state index contributed by atoms with van der Waals surface area (Å²) in [6.07, 6.45) is 0. The van der Waals surface area contributed by atoms with E-state index in [1.54, 1.807) is 6.07 Å². The highest BCUT2D eigenvalue weighted by atomic mass is 32.2. The fourth-order valence-electron chi connectivity index (χ4n) is 4.57. The van der Waals surface area contributed by atoms with Gasteiger partial charge in [-0.3, -0.25) is 4.90 Å². The van der Waals surface area contributed by atoms with Gasteiger partial charge in [0.05, 0.1) is 16.3 Å². The summed E-state index contributed by atoms with van der Waals surface area (Å²) >= 11 is 0. The van der Waals surface area contributed by atoms with E-state index in [4.69, 9.17) is 4.42 Å². The Balaban J connectivity index is 1.96. The third-order valence-corrected chi connectivity index (χ3v) is 7.60. The number of hydrogen-bond donors (Lipinski definition) is 0. The summed E-state index contributed by atoms with van der Waals surface area (Å²) < 4.78 is 33.7. The molecule has 0 radical (unpaired) electrons. The van der Waals surface area contributed by atoms with Gasteiger partial charge in [0.1, 0.15) is 10.5 Å². The molecule has 0 saturated carbocycles. The van der Waals surface area contributed by atoms with Crippen LogP contribution in [0.3, 0.4) is 0 Å². The van der Waals surface area contributed by atoms with Crippen LogP contribution in [0, 0.1) is 34.6 Å². The predicted octanol–water partition coefficient (Wildman–Crippen LogP) is 6.59. The number of sulfone groups is 1. The van der Waals surface area contributed by atoms with Crippen LogP contribution in [0.5, 0.6) is 0 Å². The summed E-state index contributed by atoms with van der Waals surface area (Å²) in [5.74, 6) is 0.363. The maximum Gasteiger partial charge on any atom is 0.225 e. The Kier molecular flexibility index (Phi) is 3.93. The van der Waals surface area contributed by atoms with Gasteiger partial charge in [0.2, 0.25) is 15.7 Å². The minimum Gasteiger partial charge on any atom is -0.438 e. The van der Waals surface area contributed by atoms with Crippen LogP contribution in [0.15, 0.2) is 62.7 Å². The van der Waals surface area contributed by atoms with Gasteiger partial charge >= 0.3 is 0 Å². The van der Waals surface area contributed by atoms with Crippen LogP contribution in [-0.2, 0) is 9.84 Å². The van der Waals surface area contributed by atoms with Crippen molar-refractivity contribution in [1.82, 2.24) is 0 Å². The number of nitrogens with zero attached hydrogens (tertiary/aromatic N) is 1. The van der Waals surface area contributed by atoms with Crippen LogP contribution in [0.25, 0.3) is 11.0 Å². The third kappa shape index (κ3) is 2.55. The van der Waals surface area contributed by atoms with Gasteiger partial charge in [-0.1, -0.05) is 35.4 Å². The quantitative estimate of drug-likeness (QED) is 0.309. The Labute approximate surface area is 176 Å². The smallest absolute Gasteiger partial charge is 0.225 e. The van der Waals surface area contributed by atoms with E-state index < -0.39 is 9.84 Å². The molecule has 3 aromatic carbocycles. The van der Waals surface area contributed by atoms with Crippen LogP contribution in [-0.4, -0.2) is 8.42 Å². The monoisotopic (exact) mass is 417 g/mol. The molecule has 1 aliphatic rings. The average Bonchev–Trinajstić information content (AvgIpc) is 3.03. The molecule has 30 heavy (non-hydrogen) atoms. The lowest BCUT2D eigenvalue weighted by Crippen LogP contribution is -2.22. The van der Waals surface area contributed by atoms with Crippen molar-refractivity contribution in [3.63, 3.8) is 0 Å². The van der Waals surface area contributed by atoms with Crippen molar-refractivity contribution < 1.29 is 12.8 Å². The molecule has 0 saturated heterocycles. The molecule has 5 heteroatoms. The first kappa shape index (κ1) is 18.9. The molecule has 0 N–H and O–H groups in total. The van der Waals surface area contributed by atoms with E-state index in [1.807, 2.05) is 49.1 Å². The summed E-state index contributed by atoms with van der Waals surface area (Å²) in [6.45, 7) is 10.0. The lowest BCUT2D eigenvalue weighted by Gasteiger charge is -2.32. The van der Waals surface area contributed by atoms with E-state index in [0.29, 0.717) is 27.4 Å². The highest BCUT2D eigenvalue weighted by Crippen LogP contribution is 2.53. The molecule has 0 fully saturated rings. The molecule has 1 aliphatic heterocycles. The zero-order chi connectivity index (χ0) is 21.4. The van der Waals surface area contributed by atoms with Crippen LogP contribution >= 0.6 is 0 Å². The van der Waals surface area contributed by atoms with Crippen molar-refractivity contribution in [2.45, 2.75) is 44.4 Å². The summed E-state index contributed by atoms with van der Waals surface area (Å²) in [7, 11) is -3.73. The van der Waals surface area contributed by atoms with Gasteiger partial charge in [-0.05, 0) is 75.6 Å². The highest BCUT2D eigenvalue weighted by Gasteiger charge is 2.40. The van der Waals surface area contributed by atoms with Gasteiger partial charge in [-0.15, -0.1) is 0 Å². The van der Waals surface area contributed by atoms with Crippen molar-refractivity contribution in [3.05, 3.63) is 76.3 Å². The number of hydrogen-bond acceptors (Lipinski definition) is 4. The van der Waals surface area contributed by atoms with Gasteiger partial charge < -0.3 is 4.42 Å². The molecular weight excluding hydrogens is 394 g/mol.